The number of carbonyl (C=O) groups excluding carboxylic acids is 3. The molecule has 3 aliphatic heterocycles. The SMILES string of the molecule is CC[C@H]1OC(=O)/C(C)=C/[C@H](C)[C@@H](O[C@@H]2O[C@H](C)C[C@H](N(C)C)[C@H]2O)[C@](C)(OC)C[C@@H](C)C(=O)[C@H](C)[C@H]2N(NC/C=C/c3ccc(N)cc3)C(=O)O[C@]12C. The number of rotatable bonds is 9. The van der Waals surface area contributed by atoms with E-state index in [0.29, 0.717) is 24.1 Å². The number of hydrogen-bond donors (Lipinski definition) is 3. The van der Waals surface area contributed by atoms with Crippen molar-refractivity contribution in [2.75, 3.05) is 33.5 Å². The van der Waals surface area contributed by atoms with Crippen molar-refractivity contribution in [1.82, 2.24) is 15.3 Å². The fourth-order valence-corrected chi connectivity index (χ4v) is 8.39. The van der Waals surface area contributed by atoms with Crippen LogP contribution in [-0.2, 0) is 33.3 Å². The number of fused-ring (bicyclic) bond motifs is 1. The maximum Gasteiger partial charge on any atom is 0.425 e. The van der Waals surface area contributed by atoms with Crippen LogP contribution in [0.5, 0.6) is 0 Å². The molecule has 0 aliphatic carbocycles. The molecule has 1 aromatic rings. The zero-order valence-electron chi connectivity index (χ0n) is 33.3. The van der Waals surface area contributed by atoms with Crippen molar-refractivity contribution in [2.24, 2.45) is 17.8 Å². The van der Waals surface area contributed by atoms with Crippen LogP contribution in [0.1, 0.15) is 80.2 Å². The average Bonchev–Trinajstić information content (AvgIpc) is 3.37. The molecule has 13 heteroatoms. The third-order valence-corrected chi connectivity index (χ3v) is 11.3. The second-order valence-electron chi connectivity index (χ2n) is 15.8. The Balaban J connectivity index is 1.72. The maximum atomic E-state index is 14.6. The summed E-state index contributed by atoms with van der Waals surface area (Å²) in [5, 5.41) is 12.8. The van der Waals surface area contributed by atoms with Gasteiger partial charge < -0.3 is 39.4 Å². The zero-order chi connectivity index (χ0) is 39.4. The van der Waals surface area contributed by atoms with Gasteiger partial charge in [-0.15, -0.1) is 0 Å². The van der Waals surface area contributed by atoms with Crippen molar-refractivity contribution in [2.45, 2.75) is 129 Å². The largest absolute Gasteiger partial charge is 0.455 e. The topological polar surface area (TPSA) is 162 Å². The highest BCUT2D eigenvalue weighted by Gasteiger charge is 2.60. The number of Topliss-reactive ketones (excluding diaryl/α,β-unsaturated/α-hetero) is 1. The molecule has 0 spiro atoms. The molecule has 3 heterocycles. The highest BCUT2D eigenvalue weighted by Crippen LogP contribution is 2.42. The second-order valence-corrected chi connectivity index (χ2v) is 15.8. The number of cyclic esters (lactones) is 1. The summed E-state index contributed by atoms with van der Waals surface area (Å²) in [5.74, 6) is -2.49. The van der Waals surface area contributed by atoms with Gasteiger partial charge in [-0.1, -0.05) is 58.1 Å². The predicted octanol–water partition coefficient (Wildman–Crippen LogP) is 4.73. The Morgan fingerprint density at radius 1 is 1.11 bits per heavy atom. The molecule has 0 unspecified atom stereocenters. The van der Waals surface area contributed by atoms with Crippen LogP contribution in [0.15, 0.2) is 42.0 Å². The monoisotopic (exact) mass is 742 g/mol. The number of nitrogen functional groups attached to an aromatic ring is 1. The van der Waals surface area contributed by atoms with E-state index in [9.17, 15) is 19.5 Å². The number of hydrazine groups is 1. The molecule has 0 aromatic heterocycles. The average molecular weight is 743 g/mol. The summed E-state index contributed by atoms with van der Waals surface area (Å²) in [4.78, 5) is 44.0. The zero-order valence-corrected chi connectivity index (χ0v) is 33.3. The van der Waals surface area contributed by atoms with Crippen LogP contribution in [0.4, 0.5) is 10.5 Å². The molecule has 53 heavy (non-hydrogen) atoms. The number of aliphatic hydroxyl groups is 1. The number of esters is 1. The van der Waals surface area contributed by atoms with E-state index < -0.39 is 71.7 Å². The van der Waals surface area contributed by atoms with E-state index in [0.717, 1.165) is 5.56 Å². The van der Waals surface area contributed by atoms with Crippen molar-refractivity contribution in [3.8, 4) is 0 Å². The number of anilines is 1. The number of methoxy groups -OCH3 is 1. The van der Waals surface area contributed by atoms with Crippen LogP contribution in [0.25, 0.3) is 6.08 Å². The van der Waals surface area contributed by atoms with E-state index in [2.05, 4.69) is 5.43 Å². The molecular formula is C40H62N4O9. The number of nitrogens with one attached hydrogen (secondary N) is 1. The smallest absolute Gasteiger partial charge is 0.425 e. The molecule has 2 saturated heterocycles. The van der Waals surface area contributed by atoms with Gasteiger partial charge in [0.25, 0.3) is 0 Å². The van der Waals surface area contributed by atoms with Crippen LogP contribution in [0.3, 0.4) is 0 Å². The quantitative estimate of drug-likeness (QED) is 0.236. The van der Waals surface area contributed by atoms with Crippen molar-refractivity contribution in [1.29, 1.82) is 0 Å². The molecule has 296 valence electrons. The molecule has 0 radical (unpaired) electrons. The van der Waals surface area contributed by atoms with Crippen LogP contribution in [-0.4, -0.2) is 115 Å². The number of ketones is 1. The molecule has 4 N–H and O–H groups in total. The van der Waals surface area contributed by atoms with Crippen LogP contribution >= 0.6 is 0 Å². The molecule has 12 atom stereocenters. The van der Waals surface area contributed by atoms with Gasteiger partial charge in [-0.2, -0.15) is 0 Å². The fourth-order valence-electron chi connectivity index (χ4n) is 8.39. The first-order chi connectivity index (χ1) is 24.9. The third-order valence-electron chi connectivity index (χ3n) is 11.3. The van der Waals surface area contributed by atoms with E-state index in [-0.39, 0.29) is 30.9 Å². The van der Waals surface area contributed by atoms with Crippen molar-refractivity contribution in [3.05, 3.63) is 47.6 Å². The van der Waals surface area contributed by atoms with E-state index >= 15 is 0 Å². The number of carbonyl (C=O) groups is 3. The minimum absolute atomic E-state index is 0.126. The summed E-state index contributed by atoms with van der Waals surface area (Å²) < 4.78 is 31.3. The van der Waals surface area contributed by atoms with Gasteiger partial charge in [-0.3, -0.25) is 4.79 Å². The fraction of sp³-hybridized carbons (Fsp3) is 0.675. The normalized spacial score (nSPS) is 38.6. The van der Waals surface area contributed by atoms with E-state index in [1.54, 1.807) is 46.1 Å². The molecule has 2 fully saturated rings. The number of nitrogens with zero attached hydrogens (tertiary/aromatic N) is 2. The minimum atomic E-state index is -1.37. The molecule has 1 amide bonds. The molecule has 1 aromatic carbocycles. The Labute approximate surface area is 315 Å². The van der Waals surface area contributed by atoms with Gasteiger partial charge in [0.2, 0.25) is 0 Å². The Bertz CT molecular complexity index is 1500. The predicted molar refractivity (Wildman–Crippen MR) is 202 cm³/mol. The summed E-state index contributed by atoms with van der Waals surface area (Å²) in [6.07, 6.45) is 2.27. The number of hydrogen-bond acceptors (Lipinski definition) is 12. The van der Waals surface area contributed by atoms with Gasteiger partial charge in [0.05, 0.1) is 17.8 Å². The first-order valence-corrected chi connectivity index (χ1v) is 18.8. The van der Waals surface area contributed by atoms with Gasteiger partial charge in [0.15, 0.2) is 11.9 Å². The van der Waals surface area contributed by atoms with E-state index in [1.165, 1.54) is 5.01 Å². The van der Waals surface area contributed by atoms with E-state index in [1.807, 2.05) is 77.9 Å². The van der Waals surface area contributed by atoms with E-state index in [4.69, 9.17) is 29.4 Å². The number of likely N-dealkylation sites (N-methyl/N-ethyl adjacent to an activating group) is 1. The Morgan fingerprint density at radius 2 is 1.77 bits per heavy atom. The molecular weight excluding hydrogens is 680 g/mol. The number of aliphatic hydroxyl groups excluding tert-OH is 1. The lowest BCUT2D eigenvalue weighted by atomic mass is 9.74. The lowest BCUT2D eigenvalue weighted by molar-refractivity contribution is -0.294. The highest BCUT2D eigenvalue weighted by molar-refractivity contribution is 5.88. The first kappa shape index (κ1) is 42.4. The highest BCUT2D eigenvalue weighted by atomic mass is 16.7. The van der Waals surface area contributed by atoms with Gasteiger partial charge in [-0.25, -0.2) is 20.0 Å². The Morgan fingerprint density at radius 3 is 2.38 bits per heavy atom. The molecule has 0 saturated carbocycles. The number of ether oxygens (including phenoxy) is 5. The van der Waals surface area contributed by atoms with Gasteiger partial charge in [-0.05, 0) is 78.7 Å². The van der Waals surface area contributed by atoms with Crippen LogP contribution in [0.2, 0.25) is 0 Å². The van der Waals surface area contributed by atoms with Crippen LogP contribution < -0.4 is 11.2 Å². The van der Waals surface area contributed by atoms with Crippen molar-refractivity contribution >= 4 is 29.6 Å². The summed E-state index contributed by atoms with van der Waals surface area (Å²) in [7, 11) is 5.38. The van der Waals surface area contributed by atoms with Gasteiger partial charge >= 0.3 is 12.1 Å². The maximum absolute atomic E-state index is 14.6. The molecule has 13 nitrogen and oxygen atoms in total. The Kier molecular flexibility index (Phi) is 13.9. The number of amides is 1. The van der Waals surface area contributed by atoms with Gasteiger partial charge in [0.1, 0.15) is 24.0 Å². The second kappa shape index (κ2) is 17.4. The summed E-state index contributed by atoms with van der Waals surface area (Å²) in [6.45, 7) is 14.9. The first-order valence-electron chi connectivity index (χ1n) is 18.8. The molecule has 0 bridgehead atoms. The molecule has 4 rings (SSSR count). The van der Waals surface area contributed by atoms with Crippen molar-refractivity contribution in [3.63, 3.8) is 0 Å². The number of nitrogens with two attached hydrogens (primary N) is 1. The number of benzene rings is 1. The Hall–Kier alpha value is -3.33. The summed E-state index contributed by atoms with van der Waals surface area (Å²) >= 11 is 0. The summed E-state index contributed by atoms with van der Waals surface area (Å²) in [5.41, 5.74) is 8.44. The lowest BCUT2D eigenvalue weighted by Gasteiger charge is -2.46. The van der Waals surface area contributed by atoms with Gasteiger partial charge in [0, 0.05) is 48.7 Å². The standard InChI is InChI=1S/C40H62N4O9/c1-12-31-40(8)34(44(38(48)53-40)42-19-13-14-28-15-17-29(41)18-16-28)27(6)32(45)25(4)22-39(7,49-11)35(23(2)20-24(3)36(47)51-31)52-37-33(46)30(43(9)10)21-26(5)50-37/h13-18,20,23,25-27,30-31,33-35,37,42,46H,12,19,21-22,41H2,1-11H3/b14-13+,24-20+/t23-,25+,26+,27-,30-,31+,33+,34+,35+,37-,39+,40+/m0/s1. The summed E-state index contributed by atoms with van der Waals surface area (Å²) in [6, 6.07) is 6.34. The third kappa shape index (κ3) is 9.32. The minimum Gasteiger partial charge on any atom is -0.455 e. The lowest BCUT2D eigenvalue weighted by Crippen LogP contribution is -2.60. The van der Waals surface area contributed by atoms with Crippen molar-refractivity contribution < 1.29 is 43.2 Å². The molecule has 3 aliphatic rings. The van der Waals surface area contributed by atoms with Crippen LogP contribution in [0, 0.1) is 17.8 Å².